The fourth-order valence-electron chi connectivity index (χ4n) is 1.89. The highest BCUT2D eigenvalue weighted by Crippen LogP contribution is 2.24. The predicted molar refractivity (Wildman–Crippen MR) is 113 cm³/mol. The van der Waals surface area contributed by atoms with E-state index in [0.29, 0.717) is 24.3 Å². The van der Waals surface area contributed by atoms with Gasteiger partial charge in [-0.2, -0.15) is 0 Å². The van der Waals surface area contributed by atoms with E-state index in [1.165, 1.54) is 10.4 Å². The number of aromatic nitrogens is 1. The van der Waals surface area contributed by atoms with Gasteiger partial charge in [0.15, 0.2) is 0 Å². The molecule has 0 aliphatic carbocycles. The van der Waals surface area contributed by atoms with Crippen LogP contribution in [0.3, 0.4) is 0 Å². The average Bonchev–Trinajstić information content (AvgIpc) is 3.13. The summed E-state index contributed by atoms with van der Waals surface area (Å²) in [6.45, 7) is 2.10. The summed E-state index contributed by atoms with van der Waals surface area (Å²) in [5.41, 5.74) is 8.48. The van der Waals surface area contributed by atoms with Crippen molar-refractivity contribution >= 4 is 35.2 Å². The summed E-state index contributed by atoms with van der Waals surface area (Å²) >= 11 is 1.72. The molecular weight excluding hydrogens is 428 g/mol. The topological polar surface area (TPSA) is 188 Å². The highest BCUT2D eigenvalue weighted by molar-refractivity contribution is 7.10. The lowest BCUT2D eigenvalue weighted by atomic mass is 10.1. The van der Waals surface area contributed by atoms with Crippen molar-refractivity contribution in [3.63, 3.8) is 0 Å². The van der Waals surface area contributed by atoms with Gasteiger partial charge in [-0.1, -0.05) is 6.07 Å². The van der Waals surface area contributed by atoms with Crippen LogP contribution in [0.25, 0.3) is 0 Å². The van der Waals surface area contributed by atoms with Gasteiger partial charge in [0.25, 0.3) is 0 Å². The molecule has 0 radical (unpaired) electrons. The normalized spacial score (nSPS) is 11.0. The zero-order chi connectivity index (χ0) is 23.8. The van der Waals surface area contributed by atoms with Gasteiger partial charge in [0.1, 0.15) is 0 Å². The van der Waals surface area contributed by atoms with Gasteiger partial charge in [-0.3, -0.25) is 4.98 Å². The second-order valence-corrected chi connectivity index (χ2v) is 6.57. The molecule has 0 amide bonds. The van der Waals surface area contributed by atoms with Crippen LogP contribution in [0.4, 0.5) is 0 Å². The maximum Gasteiger partial charge on any atom is 0.328 e. The van der Waals surface area contributed by atoms with E-state index in [1.807, 2.05) is 24.4 Å². The standard InChI is InChI=1S/C12H14N2S.2C4H4O4/c1-9-5-7-15-12(9)11(13)8-10-4-2-3-6-14-10;2*5-3(6)1-2-4(7)8/h2-7,11H,8,13H2,1H3;2*1-2H,(H,5,6)(H,7,8)/b;2*2-1-. The maximum atomic E-state index is 9.55. The second-order valence-electron chi connectivity index (χ2n) is 5.62. The SMILES string of the molecule is Cc1ccsc1C(N)Cc1ccccn1.O=C(O)/C=C\C(=O)O.O=C(O)/C=C\C(=O)O. The molecule has 6 N–H and O–H groups in total. The van der Waals surface area contributed by atoms with Crippen LogP contribution in [0.2, 0.25) is 0 Å². The Morgan fingerprint density at radius 3 is 1.74 bits per heavy atom. The number of carboxylic acid groups (broad SMARTS) is 4. The lowest BCUT2D eigenvalue weighted by molar-refractivity contribution is -0.134. The van der Waals surface area contributed by atoms with E-state index in [1.54, 1.807) is 11.3 Å². The maximum absolute atomic E-state index is 9.55. The van der Waals surface area contributed by atoms with Crippen LogP contribution in [0.15, 0.2) is 60.1 Å². The molecule has 1 unspecified atom stereocenters. The van der Waals surface area contributed by atoms with E-state index in [-0.39, 0.29) is 6.04 Å². The molecule has 0 fully saturated rings. The van der Waals surface area contributed by atoms with Crippen molar-refractivity contribution in [2.75, 3.05) is 0 Å². The van der Waals surface area contributed by atoms with Crippen molar-refractivity contribution < 1.29 is 39.6 Å². The second kappa shape index (κ2) is 15.1. The van der Waals surface area contributed by atoms with Gasteiger partial charge in [-0.15, -0.1) is 11.3 Å². The van der Waals surface area contributed by atoms with Crippen molar-refractivity contribution in [2.24, 2.45) is 5.73 Å². The minimum Gasteiger partial charge on any atom is -0.478 e. The zero-order valence-corrected chi connectivity index (χ0v) is 17.2. The number of hydrogen-bond acceptors (Lipinski definition) is 7. The van der Waals surface area contributed by atoms with E-state index in [4.69, 9.17) is 26.2 Å². The first kappa shape index (κ1) is 27.2. The quantitative estimate of drug-likeness (QED) is 0.391. The monoisotopic (exact) mass is 450 g/mol. The molecule has 2 rings (SSSR count). The minimum atomic E-state index is -1.26. The van der Waals surface area contributed by atoms with Crippen LogP contribution in [0, 0.1) is 6.92 Å². The number of aryl methyl sites for hydroxylation is 1. The summed E-state index contributed by atoms with van der Waals surface area (Å²) in [6.07, 6.45) is 4.85. The molecule has 0 aliphatic heterocycles. The number of nitrogens with zero attached hydrogens (tertiary/aromatic N) is 1. The molecule has 11 heteroatoms. The number of rotatable bonds is 7. The van der Waals surface area contributed by atoms with Crippen molar-refractivity contribution in [3.05, 3.63) is 76.3 Å². The largest absolute Gasteiger partial charge is 0.478 e. The Bertz CT molecular complexity index is 856. The Kier molecular flexibility index (Phi) is 13.2. The summed E-state index contributed by atoms with van der Waals surface area (Å²) in [7, 11) is 0. The number of aliphatic carboxylic acids is 4. The van der Waals surface area contributed by atoms with Crippen LogP contribution in [-0.2, 0) is 25.6 Å². The number of pyridine rings is 1. The number of nitrogens with two attached hydrogens (primary N) is 1. The summed E-state index contributed by atoms with van der Waals surface area (Å²) in [5, 5.41) is 33.3. The molecule has 0 bridgehead atoms. The Morgan fingerprint density at radius 1 is 0.935 bits per heavy atom. The van der Waals surface area contributed by atoms with Gasteiger partial charge in [0, 0.05) is 53.5 Å². The van der Waals surface area contributed by atoms with Crippen LogP contribution in [0.5, 0.6) is 0 Å². The molecule has 166 valence electrons. The third-order valence-electron chi connectivity index (χ3n) is 3.13. The van der Waals surface area contributed by atoms with Gasteiger partial charge in [-0.05, 0) is 36.1 Å². The lowest BCUT2D eigenvalue weighted by Crippen LogP contribution is -2.13. The van der Waals surface area contributed by atoms with Crippen molar-refractivity contribution in [2.45, 2.75) is 19.4 Å². The van der Waals surface area contributed by atoms with E-state index in [2.05, 4.69) is 23.4 Å². The summed E-state index contributed by atoms with van der Waals surface area (Å²) in [6, 6.07) is 8.11. The van der Waals surface area contributed by atoms with Crippen molar-refractivity contribution in [1.82, 2.24) is 4.98 Å². The number of carbonyl (C=O) groups is 4. The van der Waals surface area contributed by atoms with Crippen LogP contribution >= 0.6 is 11.3 Å². The molecule has 0 aromatic carbocycles. The van der Waals surface area contributed by atoms with Gasteiger partial charge in [-0.25, -0.2) is 19.2 Å². The van der Waals surface area contributed by atoms with Crippen LogP contribution < -0.4 is 5.73 Å². The molecule has 0 spiro atoms. The van der Waals surface area contributed by atoms with Crippen molar-refractivity contribution in [1.29, 1.82) is 0 Å². The number of thiophene rings is 1. The Morgan fingerprint density at radius 2 is 1.42 bits per heavy atom. The Hall–Kier alpha value is -3.83. The summed E-state index contributed by atoms with van der Waals surface area (Å²) in [4.78, 5) is 43.8. The summed E-state index contributed by atoms with van der Waals surface area (Å²) < 4.78 is 0. The van der Waals surface area contributed by atoms with E-state index < -0.39 is 23.9 Å². The lowest BCUT2D eigenvalue weighted by Gasteiger charge is -2.10. The molecule has 2 aromatic rings. The van der Waals surface area contributed by atoms with Crippen LogP contribution in [-0.4, -0.2) is 49.3 Å². The molecule has 2 aromatic heterocycles. The molecule has 1 atom stereocenters. The summed E-state index contributed by atoms with van der Waals surface area (Å²) in [5.74, 6) is -5.03. The fraction of sp³-hybridized carbons (Fsp3) is 0.150. The average molecular weight is 450 g/mol. The van der Waals surface area contributed by atoms with Gasteiger partial charge >= 0.3 is 23.9 Å². The molecule has 31 heavy (non-hydrogen) atoms. The third kappa shape index (κ3) is 14.8. The first-order valence-electron chi connectivity index (χ1n) is 8.50. The first-order valence-corrected chi connectivity index (χ1v) is 9.38. The zero-order valence-electron chi connectivity index (χ0n) is 16.4. The minimum absolute atomic E-state index is 0.0694. The number of hydrogen-bond donors (Lipinski definition) is 5. The molecule has 0 saturated carbocycles. The van der Waals surface area contributed by atoms with Gasteiger partial charge in [0.2, 0.25) is 0 Å². The molecule has 2 heterocycles. The molecule has 0 aliphatic rings. The van der Waals surface area contributed by atoms with E-state index in [0.717, 1.165) is 12.1 Å². The molecular formula is C20H22N2O8S. The van der Waals surface area contributed by atoms with E-state index >= 15 is 0 Å². The van der Waals surface area contributed by atoms with Gasteiger partial charge in [0.05, 0.1) is 0 Å². The molecule has 10 nitrogen and oxygen atoms in total. The Labute approximate surface area is 181 Å². The van der Waals surface area contributed by atoms with E-state index in [9.17, 15) is 19.2 Å². The number of carboxylic acids is 4. The highest BCUT2D eigenvalue weighted by Gasteiger charge is 2.11. The van der Waals surface area contributed by atoms with Crippen LogP contribution in [0.1, 0.15) is 22.2 Å². The fourth-order valence-corrected chi connectivity index (χ4v) is 2.82. The first-order chi connectivity index (χ1) is 14.5. The predicted octanol–water partition coefficient (Wildman–Crippen LogP) is 2.12. The molecule has 0 saturated heterocycles. The Balaban J connectivity index is 0.000000483. The van der Waals surface area contributed by atoms with Gasteiger partial charge < -0.3 is 26.2 Å². The third-order valence-corrected chi connectivity index (χ3v) is 4.28. The smallest absolute Gasteiger partial charge is 0.328 e. The highest BCUT2D eigenvalue weighted by atomic mass is 32.1. The van der Waals surface area contributed by atoms with Crippen molar-refractivity contribution in [3.8, 4) is 0 Å².